The van der Waals surface area contributed by atoms with Crippen molar-refractivity contribution in [2.45, 2.75) is 63.5 Å². The summed E-state index contributed by atoms with van der Waals surface area (Å²) in [5.74, 6) is 1.63. The summed E-state index contributed by atoms with van der Waals surface area (Å²) in [6.45, 7) is 4.72. The second-order valence-electron chi connectivity index (χ2n) is 9.72. The maximum absolute atomic E-state index is 11.7. The van der Waals surface area contributed by atoms with Crippen LogP contribution in [0.2, 0.25) is 0 Å². The normalized spacial score (nSPS) is 25.1. The number of methoxy groups -OCH3 is 1. The molecule has 3 aromatic heterocycles. The molecule has 8 heteroatoms. The van der Waals surface area contributed by atoms with Crippen LogP contribution in [0.5, 0.6) is 0 Å². The number of nitrogens with two attached hydrogens (primary N) is 1. The molecule has 0 spiro atoms. The SMILES string of the molecule is CO[C@@]1(c2cc(C)cc(-n3cc([C@H]4CC[C@@H](N)CC4)c4cnc(NC(C)=O)cc43)n2)CCOC1. The predicted molar refractivity (Wildman–Crippen MR) is 131 cm³/mol. The standard InChI is InChI=1S/C26H33N5O3/c1-16-10-23(26(33-3)8-9-34-15-26)30-25(11-16)31-14-21(18-4-6-19(27)7-5-18)20-13-28-24(12-22(20)31)29-17(2)32/h10-14,18-19H,4-9,15,27H2,1-3H3,(H,28,29,32)/t18-,19+,26-/m0/s1. The molecule has 0 radical (unpaired) electrons. The van der Waals surface area contributed by atoms with Crippen LogP contribution in [0.4, 0.5) is 5.82 Å². The molecule has 0 unspecified atom stereocenters. The van der Waals surface area contributed by atoms with Gasteiger partial charge < -0.3 is 25.1 Å². The van der Waals surface area contributed by atoms with E-state index in [4.69, 9.17) is 20.2 Å². The Morgan fingerprint density at radius 1 is 1.26 bits per heavy atom. The first kappa shape index (κ1) is 23.0. The molecule has 3 N–H and O–H groups in total. The monoisotopic (exact) mass is 463 g/mol. The molecule has 8 nitrogen and oxygen atoms in total. The summed E-state index contributed by atoms with van der Waals surface area (Å²) in [5, 5.41) is 3.90. The van der Waals surface area contributed by atoms with Crippen LogP contribution < -0.4 is 11.1 Å². The van der Waals surface area contributed by atoms with E-state index >= 15 is 0 Å². The van der Waals surface area contributed by atoms with Crippen LogP contribution >= 0.6 is 0 Å². The van der Waals surface area contributed by atoms with Crippen molar-refractivity contribution in [2.75, 3.05) is 25.6 Å². The van der Waals surface area contributed by atoms with Gasteiger partial charge >= 0.3 is 0 Å². The highest BCUT2D eigenvalue weighted by molar-refractivity contribution is 5.92. The Labute approximate surface area is 199 Å². The number of carbonyl (C=O) groups excluding carboxylic acids is 1. The lowest BCUT2D eigenvalue weighted by Crippen LogP contribution is -2.30. The quantitative estimate of drug-likeness (QED) is 0.594. The van der Waals surface area contributed by atoms with Crippen molar-refractivity contribution in [3.05, 3.63) is 47.4 Å². The number of aryl methyl sites for hydroxylation is 1. The number of rotatable bonds is 5. The van der Waals surface area contributed by atoms with Crippen LogP contribution in [0.1, 0.15) is 61.8 Å². The van der Waals surface area contributed by atoms with E-state index in [1.54, 1.807) is 7.11 Å². The second kappa shape index (κ2) is 9.09. The number of ether oxygens (including phenoxy) is 2. The molecule has 34 heavy (non-hydrogen) atoms. The van der Waals surface area contributed by atoms with Gasteiger partial charge in [-0.3, -0.25) is 4.79 Å². The Morgan fingerprint density at radius 3 is 2.74 bits per heavy atom. The smallest absolute Gasteiger partial charge is 0.222 e. The Hall–Kier alpha value is -2.81. The maximum Gasteiger partial charge on any atom is 0.222 e. The number of nitrogens with zero attached hydrogens (tertiary/aromatic N) is 3. The number of hydrogen-bond donors (Lipinski definition) is 2. The van der Waals surface area contributed by atoms with E-state index < -0.39 is 5.60 Å². The average Bonchev–Trinajstić information content (AvgIpc) is 3.44. The minimum Gasteiger partial charge on any atom is -0.378 e. The van der Waals surface area contributed by atoms with Crippen LogP contribution in [0.3, 0.4) is 0 Å². The predicted octanol–water partition coefficient (Wildman–Crippen LogP) is 3.93. The number of nitrogens with one attached hydrogen (secondary N) is 1. The molecule has 1 amide bonds. The lowest BCUT2D eigenvalue weighted by molar-refractivity contribution is -0.114. The summed E-state index contributed by atoms with van der Waals surface area (Å²) < 4.78 is 13.7. The van der Waals surface area contributed by atoms with Crippen molar-refractivity contribution in [2.24, 2.45) is 5.73 Å². The fraction of sp³-hybridized carbons (Fsp3) is 0.500. The highest BCUT2D eigenvalue weighted by Gasteiger charge is 2.39. The van der Waals surface area contributed by atoms with E-state index in [0.29, 0.717) is 24.9 Å². The van der Waals surface area contributed by atoms with Crippen molar-refractivity contribution in [3.8, 4) is 5.82 Å². The number of pyridine rings is 2. The van der Waals surface area contributed by atoms with Gasteiger partial charge in [0.2, 0.25) is 5.91 Å². The van der Waals surface area contributed by atoms with Crippen LogP contribution in [0.15, 0.2) is 30.6 Å². The molecule has 1 aliphatic heterocycles. The van der Waals surface area contributed by atoms with Crippen molar-refractivity contribution >= 4 is 22.6 Å². The first-order chi connectivity index (χ1) is 16.4. The van der Waals surface area contributed by atoms with Crippen LogP contribution in [-0.4, -0.2) is 46.8 Å². The Bertz CT molecular complexity index is 1210. The first-order valence-corrected chi connectivity index (χ1v) is 12.0. The number of aromatic nitrogens is 3. The molecule has 3 aromatic rings. The van der Waals surface area contributed by atoms with Gasteiger partial charge in [-0.05, 0) is 61.8 Å². The number of carbonyl (C=O) groups is 1. The zero-order chi connectivity index (χ0) is 23.9. The van der Waals surface area contributed by atoms with Gasteiger partial charge in [-0.1, -0.05) is 0 Å². The van der Waals surface area contributed by atoms with Gasteiger partial charge in [-0.15, -0.1) is 0 Å². The minimum absolute atomic E-state index is 0.148. The summed E-state index contributed by atoms with van der Waals surface area (Å²) in [6.07, 6.45) is 9.02. The molecule has 4 heterocycles. The van der Waals surface area contributed by atoms with E-state index in [1.807, 2.05) is 12.3 Å². The minimum atomic E-state index is -0.533. The maximum atomic E-state index is 11.7. The van der Waals surface area contributed by atoms with Gasteiger partial charge in [0, 0.05) is 56.9 Å². The van der Waals surface area contributed by atoms with Crippen molar-refractivity contribution < 1.29 is 14.3 Å². The second-order valence-corrected chi connectivity index (χ2v) is 9.72. The number of hydrogen-bond acceptors (Lipinski definition) is 6. The van der Waals surface area contributed by atoms with Crippen molar-refractivity contribution in [1.82, 2.24) is 14.5 Å². The summed E-state index contributed by atoms with van der Waals surface area (Å²) in [5.41, 5.74) is 9.87. The fourth-order valence-corrected chi connectivity index (χ4v) is 5.36. The van der Waals surface area contributed by atoms with E-state index in [1.165, 1.54) is 12.5 Å². The van der Waals surface area contributed by atoms with Crippen LogP contribution in [0, 0.1) is 6.92 Å². The van der Waals surface area contributed by atoms with Crippen LogP contribution in [-0.2, 0) is 19.9 Å². The molecular formula is C26H33N5O3. The number of fused-ring (bicyclic) bond motifs is 1. The van der Waals surface area contributed by atoms with Crippen molar-refractivity contribution in [3.63, 3.8) is 0 Å². The zero-order valence-corrected chi connectivity index (χ0v) is 20.1. The topological polar surface area (TPSA) is 104 Å². The van der Waals surface area contributed by atoms with Gasteiger partial charge in [0.05, 0.1) is 17.8 Å². The fourth-order valence-electron chi connectivity index (χ4n) is 5.36. The van der Waals surface area contributed by atoms with Gasteiger partial charge in [0.15, 0.2) is 0 Å². The Balaban J connectivity index is 1.65. The highest BCUT2D eigenvalue weighted by atomic mass is 16.5. The molecule has 1 saturated heterocycles. The van der Waals surface area contributed by atoms with Crippen molar-refractivity contribution in [1.29, 1.82) is 0 Å². The third kappa shape index (κ3) is 4.21. The molecule has 1 atom stereocenters. The third-order valence-electron chi connectivity index (χ3n) is 7.28. The zero-order valence-electron chi connectivity index (χ0n) is 20.1. The van der Waals surface area contributed by atoms with Gasteiger partial charge in [0.25, 0.3) is 0 Å². The van der Waals surface area contributed by atoms with Crippen LogP contribution in [0.25, 0.3) is 16.7 Å². The average molecular weight is 464 g/mol. The van der Waals surface area contributed by atoms with Gasteiger partial charge in [-0.25, -0.2) is 9.97 Å². The van der Waals surface area contributed by atoms with E-state index in [2.05, 4.69) is 40.1 Å². The molecular weight excluding hydrogens is 430 g/mol. The Morgan fingerprint density at radius 2 is 2.06 bits per heavy atom. The summed E-state index contributed by atoms with van der Waals surface area (Å²) in [6, 6.07) is 6.39. The lowest BCUT2D eigenvalue weighted by atomic mass is 9.82. The van der Waals surface area contributed by atoms with E-state index in [9.17, 15) is 4.79 Å². The lowest BCUT2D eigenvalue weighted by Gasteiger charge is -2.26. The molecule has 2 fully saturated rings. The molecule has 1 saturated carbocycles. The van der Waals surface area contributed by atoms with Gasteiger partial charge in [-0.2, -0.15) is 0 Å². The first-order valence-electron chi connectivity index (χ1n) is 12.0. The third-order valence-corrected chi connectivity index (χ3v) is 7.28. The van der Waals surface area contributed by atoms with E-state index in [-0.39, 0.29) is 11.9 Å². The largest absolute Gasteiger partial charge is 0.378 e. The summed E-state index contributed by atoms with van der Waals surface area (Å²) >= 11 is 0. The molecule has 5 rings (SSSR count). The number of amides is 1. The summed E-state index contributed by atoms with van der Waals surface area (Å²) in [7, 11) is 1.72. The summed E-state index contributed by atoms with van der Waals surface area (Å²) in [4.78, 5) is 21.3. The molecule has 0 aromatic carbocycles. The highest BCUT2D eigenvalue weighted by Crippen LogP contribution is 2.39. The molecule has 1 aliphatic carbocycles. The van der Waals surface area contributed by atoms with E-state index in [0.717, 1.165) is 60.1 Å². The molecule has 180 valence electrons. The Kier molecular flexibility index (Phi) is 6.14. The number of anilines is 1. The molecule has 2 aliphatic rings. The van der Waals surface area contributed by atoms with Gasteiger partial charge in [0.1, 0.15) is 17.2 Å². The molecule has 0 bridgehead atoms.